The topological polar surface area (TPSA) is 142 Å². The number of aromatic nitrogens is 6. The first-order valence-corrected chi connectivity index (χ1v) is 15.0. The first-order valence-electron chi connectivity index (χ1n) is 15.0. The van der Waals surface area contributed by atoms with Crippen LogP contribution in [0.3, 0.4) is 0 Å². The first kappa shape index (κ1) is 28.6. The summed E-state index contributed by atoms with van der Waals surface area (Å²) in [5.41, 5.74) is 7.92. The van der Waals surface area contributed by atoms with Gasteiger partial charge in [-0.25, -0.2) is 9.67 Å². The number of amides is 1. The minimum atomic E-state index is -0.659. The highest BCUT2D eigenvalue weighted by molar-refractivity contribution is 5.92. The predicted octanol–water partition coefficient (Wildman–Crippen LogP) is 3.75. The highest BCUT2D eigenvalue weighted by Gasteiger charge is 2.43. The fraction of sp³-hybridized carbons (Fsp3) is 0.344. The molecule has 45 heavy (non-hydrogen) atoms. The lowest BCUT2D eigenvalue weighted by Crippen LogP contribution is -2.53. The van der Waals surface area contributed by atoms with E-state index in [1.807, 2.05) is 29.2 Å². The van der Waals surface area contributed by atoms with Gasteiger partial charge in [-0.15, -0.1) is 5.10 Å². The second kappa shape index (κ2) is 11.7. The van der Waals surface area contributed by atoms with Crippen LogP contribution in [0.25, 0.3) is 28.3 Å². The number of furan rings is 1. The Morgan fingerprint density at radius 1 is 1.07 bits per heavy atom. The molecule has 2 N–H and O–H groups in total. The summed E-state index contributed by atoms with van der Waals surface area (Å²) < 4.78 is 19.5. The van der Waals surface area contributed by atoms with Crippen LogP contribution in [0, 0.1) is 5.41 Å². The van der Waals surface area contributed by atoms with Crippen LogP contribution in [-0.2, 0) is 9.53 Å². The summed E-state index contributed by atoms with van der Waals surface area (Å²) in [6.07, 6.45) is 12.1. The molecule has 0 radical (unpaired) electrons. The number of carbonyl (C=O) groups excluding carboxylic acids is 1. The zero-order chi connectivity index (χ0) is 31.0. The van der Waals surface area contributed by atoms with E-state index >= 15 is 0 Å². The van der Waals surface area contributed by atoms with Crippen LogP contribution < -0.4 is 15.4 Å². The smallest absolute Gasteiger partial charge is 0.248 e. The fourth-order valence-corrected chi connectivity index (χ4v) is 6.09. The summed E-state index contributed by atoms with van der Waals surface area (Å²) in [5, 5.41) is 9.89. The number of piperazine rings is 1. The highest BCUT2D eigenvalue weighted by atomic mass is 16.5. The Hall–Kier alpha value is -5.17. The van der Waals surface area contributed by atoms with Crippen molar-refractivity contribution in [2.45, 2.75) is 19.4 Å². The molecule has 1 aliphatic carbocycles. The molecule has 13 nitrogen and oxygen atoms in total. The maximum Gasteiger partial charge on any atom is 0.248 e. The molecule has 1 amide bonds. The van der Waals surface area contributed by atoms with E-state index in [9.17, 15) is 4.79 Å². The van der Waals surface area contributed by atoms with E-state index in [2.05, 4.69) is 51.2 Å². The number of anilines is 2. The molecule has 0 spiro atoms. The van der Waals surface area contributed by atoms with Gasteiger partial charge in [0.25, 0.3) is 0 Å². The third-order valence-electron chi connectivity index (χ3n) is 8.53. The van der Waals surface area contributed by atoms with Gasteiger partial charge in [0.2, 0.25) is 17.7 Å². The zero-order valence-corrected chi connectivity index (χ0v) is 25.2. The minimum Gasteiger partial charge on any atom is -0.491 e. The molecule has 0 saturated carbocycles. The zero-order valence-electron chi connectivity index (χ0n) is 25.2. The normalized spacial score (nSPS) is 19.1. The number of benzene rings is 1. The number of ether oxygens (including phenoxy) is 2. The van der Waals surface area contributed by atoms with Crippen molar-refractivity contribution in [2.24, 2.45) is 5.41 Å². The van der Waals surface area contributed by atoms with Crippen LogP contribution in [0.1, 0.15) is 19.4 Å². The number of hydrogen-bond donors (Lipinski definition) is 1. The largest absolute Gasteiger partial charge is 0.491 e. The number of hydrogen-bond acceptors (Lipinski definition) is 10. The SMILES string of the molecule is COCCOc1ccc(N2CCN(C(=O)[C@H](n3ncc4c3nc(N)n3nc(-c5ccco5)nc43)C3(C)C=CC=CC3)CC2)cc1. The van der Waals surface area contributed by atoms with E-state index in [1.165, 1.54) is 4.52 Å². The Morgan fingerprint density at radius 2 is 1.89 bits per heavy atom. The minimum absolute atomic E-state index is 0.0121. The Labute approximate surface area is 259 Å². The molecule has 1 aromatic carbocycles. The molecule has 1 unspecified atom stereocenters. The van der Waals surface area contributed by atoms with E-state index in [1.54, 1.807) is 36.4 Å². The summed E-state index contributed by atoms with van der Waals surface area (Å²) in [6.45, 7) is 5.69. The van der Waals surface area contributed by atoms with Crippen LogP contribution in [0.2, 0.25) is 0 Å². The van der Waals surface area contributed by atoms with Gasteiger partial charge in [0.1, 0.15) is 18.4 Å². The van der Waals surface area contributed by atoms with Gasteiger partial charge in [-0.3, -0.25) is 4.79 Å². The first-order chi connectivity index (χ1) is 21.9. The van der Waals surface area contributed by atoms with Crippen molar-refractivity contribution >= 4 is 34.2 Å². The van der Waals surface area contributed by atoms with Gasteiger partial charge in [0, 0.05) is 44.4 Å². The van der Waals surface area contributed by atoms with Crippen molar-refractivity contribution in [3.8, 4) is 17.3 Å². The number of allylic oxidation sites excluding steroid dienone is 4. The lowest BCUT2D eigenvalue weighted by atomic mass is 9.76. The summed E-state index contributed by atoms with van der Waals surface area (Å²) >= 11 is 0. The Balaban J connectivity index is 1.17. The Bertz CT molecular complexity index is 1870. The van der Waals surface area contributed by atoms with Crippen LogP contribution in [0.4, 0.5) is 11.6 Å². The second-order valence-corrected chi connectivity index (χ2v) is 11.5. The molecule has 1 fully saturated rings. The average Bonchev–Trinajstić information content (AvgIpc) is 3.83. The van der Waals surface area contributed by atoms with Gasteiger partial charge in [0.15, 0.2) is 17.1 Å². The van der Waals surface area contributed by atoms with E-state index in [0.29, 0.717) is 74.1 Å². The lowest BCUT2D eigenvalue weighted by Gasteiger charge is -2.41. The van der Waals surface area contributed by atoms with Gasteiger partial charge in [0.05, 0.1) is 24.5 Å². The number of nitrogens with zero attached hydrogens (tertiary/aromatic N) is 8. The summed E-state index contributed by atoms with van der Waals surface area (Å²) in [5.74, 6) is 1.84. The summed E-state index contributed by atoms with van der Waals surface area (Å²) in [4.78, 5) is 28.1. The molecule has 0 bridgehead atoms. The molecule has 1 aliphatic heterocycles. The van der Waals surface area contributed by atoms with E-state index in [0.717, 1.165) is 11.4 Å². The van der Waals surface area contributed by atoms with E-state index in [-0.39, 0.29) is 11.9 Å². The van der Waals surface area contributed by atoms with Crippen molar-refractivity contribution in [1.29, 1.82) is 0 Å². The number of carbonyl (C=O) groups is 1. The quantitative estimate of drug-likeness (QED) is 0.246. The Morgan fingerprint density at radius 3 is 2.60 bits per heavy atom. The molecule has 5 aromatic rings. The fourth-order valence-electron chi connectivity index (χ4n) is 6.09. The van der Waals surface area contributed by atoms with Gasteiger partial charge in [-0.1, -0.05) is 31.2 Å². The number of fused-ring (bicyclic) bond motifs is 3. The molecule has 4 aromatic heterocycles. The molecule has 13 heteroatoms. The monoisotopic (exact) mass is 609 g/mol. The van der Waals surface area contributed by atoms with Crippen molar-refractivity contribution in [1.82, 2.24) is 34.3 Å². The maximum atomic E-state index is 14.5. The third kappa shape index (κ3) is 5.29. The van der Waals surface area contributed by atoms with Gasteiger partial charge >= 0.3 is 0 Å². The van der Waals surface area contributed by atoms with Crippen molar-refractivity contribution in [3.63, 3.8) is 0 Å². The van der Waals surface area contributed by atoms with Gasteiger partial charge in [-0.05, 0) is 42.8 Å². The second-order valence-electron chi connectivity index (χ2n) is 11.5. The molecule has 7 rings (SSSR count). The van der Waals surface area contributed by atoms with E-state index < -0.39 is 11.5 Å². The third-order valence-corrected chi connectivity index (χ3v) is 8.53. The molecule has 5 heterocycles. The van der Waals surface area contributed by atoms with Crippen molar-refractivity contribution in [3.05, 3.63) is 73.2 Å². The van der Waals surface area contributed by atoms with Gasteiger partial charge in [-0.2, -0.15) is 14.6 Å². The standard InChI is InChI=1S/C32H35N9O4/c1-32(12-4-3-5-13-32)26(30(42)39-16-14-38(15-17-39)22-8-10-23(11-9-22)44-20-19-43-2)40-29-24(21-34-40)28-35-27(25-7-6-18-45-25)37-41(28)31(33)36-29/h3-12,18,21,26H,13-17,19-20H2,1-2H3,(H2,33,36)/t26-,32?/m0/s1. The summed E-state index contributed by atoms with van der Waals surface area (Å²) in [7, 11) is 1.65. The number of nitrogens with two attached hydrogens (primary N) is 1. The molecule has 232 valence electrons. The predicted molar refractivity (Wildman–Crippen MR) is 169 cm³/mol. The maximum absolute atomic E-state index is 14.5. The highest BCUT2D eigenvalue weighted by Crippen LogP contribution is 2.41. The number of rotatable bonds is 9. The Kier molecular flexibility index (Phi) is 7.45. The van der Waals surface area contributed by atoms with Crippen molar-refractivity contribution in [2.75, 3.05) is 57.1 Å². The van der Waals surface area contributed by atoms with Crippen LogP contribution in [-0.4, -0.2) is 86.7 Å². The van der Waals surface area contributed by atoms with Crippen LogP contribution in [0.15, 0.2) is 77.6 Å². The molecular formula is C32H35N9O4. The van der Waals surface area contributed by atoms with Crippen LogP contribution >= 0.6 is 0 Å². The lowest BCUT2D eigenvalue weighted by molar-refractivity contribution is -0.138. The summed E-state index contributed by atoms with van der Waals surface area (Å²) in [6, 6.07) is 10.9. The van der Waals surface area contributed by atoms with Crippen molar-refractivity contribution < 1.29 is 18.7 Å². The average molecular weight is 610 g/mol. The molecule has 1 saturated heterocycles. The van der Waals surface area contributed by atoms with Crippen LogP contribution in [0.5, 0.6) is 5.75 Å². The molecular weight excluding hydrogens is 574 g/mol. The van der Waals surface area contributed by atoms with E-state index in [4.69, 9.17) is 24.7 Å². The van der Waals surface area contributed by atoms with Gasteiger partial charge < -0.3 is 29.4 Å². The molecule has 2 aliphatic rings. The molecule has 2 atom stereocenters. The number of methoxy groups -OCH3 is 1. The number of nitrogen functional groups attached to an aromatic ring is 1.